The molecule has 3 aromatic rings. The molecule has 0 bridgehead atoms. The highest BCUT2D eigenvalue weighted by Gasteiger charge is 2.39. The van der Waals surface area contributed by atoms with E-state index in [-0.39, 0.29) is 0 Å². The molecule has 0 aromatic heterocycles. The molecule has 3 aromatic carbocycles. The lowest BCUT2D eigenvalue weighted by Crippen LogP contribution is -2.43. The van der Waals surface area contributed by atoms with Gasteiger partial charge in [-0.2, -0.15) is 5.10 Å². The van der Waals surface area contributed by atoms with Crippen molar-refractivity contribution in [3.05, 3.63) is 107 Å². The van der Waals surface area contributed by atoms with Gasteiger partial charge in [0.1, 0.15) is 0 Å². The first-order chi connectivity index (χ1) is 13.5. The Morgan fingerprint density at radius 2 is 1.39 bits per heavy atom. The quantitative estimate of drug-likeness (QED) is 0.503. The minimum atomic E-state index is -1.83. The first-order valence-corrected chi connectivity index (χ1v) is 9.28. The van der Waals surface area contributed by atoms with Gasteiger partial charge in [0.15, 0.2) is 5.60 Å². The molecule has 0 radical (unpaired) electrons. The number of hydrogen-bond donors (Lipinski definition) is 2. The molecule has 142 valence electrons. The molecule has 0 fully saturated rings. The average Bonchev–Trinajstić information content (AvgIpc) is 2.74. The van der Waals surface area contributed by atoms with Crippen LogP contribution in [-0.2, 0) is 10.4 Å². The van der Waals surface area contributed by atoms with Gasteiger partial charge in [0.05, 0.1) is 6.21 Å². The van der Waals surface area contributed by atoms with Crippen molar-refractivity contribution in [1.29, 1.82) is 0 Å². The van der Waals surface area contributed by atoms with Crippen LogP contribution in [0.3, 0.4) is 0 Å². The van der Waals surface area contributed by atoms with Crippen LogP contribution in [0.1, 0.15) is 42.0 Å². The summed E-state index contributed by atoms with van der Waals surface area (Å²) in [6, 6.07) is 25.7. The molecule has 4 nitrogen and oxygen atoms in total. The number of carbonyl (C=O) groups excluding carboxylic acids is 1. The summed E-state index contributed by atoms with van der Waals surface area (Å²) in [5.41, 5.74) is 3.73. The van der Waals surface area contributed by atoms with Crippen LogP contribution in [0.15, 0.2) is 90.0 Å². The predicted molar refractivity (Wildman–Crippen MR) is 112 cm³/mol. The van der Waals surface area contributed by atoms with E-state index in [1.807, 2.05) is 36.4 Å². The highest BCUT2D eigenvalue weighted by molar-refractivity contribution is 5.91. The van der Waals surface area contributed by atoms with Crippen LogP contribution >= 0.6 is 0 Å². The second-order valence-electron chi connectivity index (χ2n) is 6.96. The van der Waals surface area contributed by atoms with Crippen LogP contribution in [0.4, 0.5) is 0 Å². The summed E-state index contributed by atoms with van der Waals surface area (Å²) in [6.07, 6.45) is 1.57. The zero-order chi connectivity index (χ0) is 20.0. The van der Waals surface area contributed by atoms with Gasteiger partial charge in [-0.3, -0.25) is 4.79 Å². The smallest absolute Gasteiger partial charge is 0.281 e. The SMILES string of the molecule is CC(C)c1ccc(C=NNC(=O)C(O)(c2ccccc2)c2ccccc2)cc1. The van der Waals surface area contributed by atoms with Crippen LogP contribution in [0, 0.1) is 0 Å². The maximum Gasteiger partial charge on any atom is 0.281 e. The molecule has 0 saturated heterocycles. The van der Waals surface area contributed by atoms with Crippen molar-refractivity contribution in [2.75, 3.05) is 0 Å². The number of amides is 1. The number of benzene rings is 3. The summed E-state index contributed by atoms with van der Waals surface area (Å²) in [6.45, 7) is 4.27. The number of nitrogens with one attached hydrogen (secondary N) is 1. The van der Waals surface area contributed by atoms with E-state index < -0.39 is 11.5 Å². The maximum absolute atomic E-state index is 12.9. The van der Waals surface area contributed by atoms with Crippen LogP contribution in [0.25, 0.3) is 0 Å². The number of carbonyl (C=O) groups is 1. The summed E-state index contributed by atoms with van der Waals surface area (Å²) in [5, 5.41) is 15.4. The molecule has 0 unspecified atom stereocenters. The third kappa shape index (κ3) is 4.18. The van der Waals surface area contributed by atoms with E-state index in [1.54, 1.807) is 54.7 Å². The fourth-order valence-corrected chi connectivity index (χ4v) is 3.00. The molecule has 1 amide bonds. The number of nitrogens with zero attached hydrogens (tertiary/aromatic N) is 1. The molecule has 0 aliphatic rings. The lowest BCUT2D eigenvalue weighted by molar-refractivity contribution is -0.136. The lowest BCUT2D eigenvalue weighted by atomic mass is 9.85. The minimum absolute atomic E-state index is 0.456. The van der Waals surface area contributed by atoms with Crippen molar-refractivity contribution >= 4 is 12.1 Å². The summed E-state index contributed by atoms with van der Waals surface area (Å²) in [7, 11) is 0. The van der Waals surface area contributed by atoms with E-state index in [0.29, 0.717) is 17.0 Å². The van der Waals surface area contributed by atoms with Gasteiger partial charge in [0, 0.05) is 0 Å². The van der Waals surface area contributed by atoms with Gasteiger partial charge in [-0.25, -0.2) is 5.43 Å². The van der Waals surface area contributed by atoms with E-state index in [2.05, 4.69) is 24.4 Å². The maximum atomic E-state index is 12.9. The van der Waals surface area contributed by atoms with Gasteiger partial charge in [-0.1, -0.05) is 98.8 Å². The van der Waals surface area contributed by atoms with Crippen LogP contribution < -0.4 is 5.43 Å². The van der Waals surface area contributed by atoms with Crippen molar-refractivity contribution < 1.29 is 9.90 Å². The van der Waals surface area contributed by atoms with E-state index in [9.17, 15) is 9.90 Å². The second kappa shape index (κ2) is 8.63. The van der Waals surface area contributed by atoms with Gasteiger partial charge in [-0.05, 0) is 28.2 Å². The zero-order valence-corrected chi connectivity index (χ0v) is 16.0. The Labute approximate surface area is 165 Å². The van der Waals surface area contributed by atoms with E-state index in [1.165, 1.54) is 5.56 Å². The fraction of sp³-hybridized carbons (Fsp3) is 0.167. The van der Waals surface area contributed by atoms with Crippen molar-refractivity contribution in [3.8, 4) is 0 Å². The molecule has 0 atom stereocenters. The Hall–Kier alpha value is -3.24. The fourth-order valence-electron chi connectivity index (χ4n) is 3.00. The first kappa shape index (κ1) is 19.5. The second-order valence-corrected chi connectivity index (χ2v) is 6.96. The van der Waals surface area contributed by atoms with Gasteiger partial charge in [0.25, 0.3) is 5.91 Å². The Morgan fingerprint density at radius 3 is 1.86 bits per heavy atom. The summed E-state index contributed by atoms with van der Waals surface area (Å²) >= 11 is 0. The number of rotatable bonds is 6. The number of hydrazone groups is 1. The highest BCUT2D eigenvalue weighted by Crippen LogP contribution is 2.29. The third-order valence-electron chi connectivity index (χ3n) is 4.69. The van der Waals surface area contributed by atoms with Crippen molar-refractivity contribution in [2.45, 2.75) is 25.4 Å². The van der Waals surface area contributed by atoms with Crippen molar-refractivity contribution in [1.82, 2.24) is 5.43 Å². The largest absolute Gasteiger partial charge is 0.372 e. The topological polar surface area (TPSA) is 61.7 Å². The number of hydrogen-bond acceptors (Lipinski definition) is 3. The Balaban J connectivity index is 1.82. The molecule has 0 saturated carbocycles. The summed E-state index contributed by atoms with van der Waals surface area (Å²) in [5.74, 6) is -0.155. The van der Waals surface area contributed by atoms with E-state index >= 15 is 0 Å². The zero-order valence-electron chi connectivity index (χ0n) is 16.0. The van der Waals surface area contributed by atoms with Gasteiger partial charge in [-0.15, -0.1) is 0 Å². The van der Waals surface area contributed by atoms with Gasteiger partial charge < -0.3 is 5.11 Å². The van der Waals surface area contributed by atoms with E-state index in [4.69, 9.17) is 0 Å². The van der Waals surface area contributed by atoms with Gasteiger partial charge >= 0.3 is 0 Å². The van der Waals surface area contributed by atoms with Crippen LogP contribution in [0.2, 0.25) is 0 Å². The molecule has 0 aliphatic carbocycles. The monoisotopic (exact) mass is 372 g/mol. The summed E-state index contributed by atoms with van der Waals surface area (Å²) < 4.78 is 0. The molecule has 0 heterocycles. The van der Waals surface area contributed by atoms with Crippen molar-refractivity contribution in [3.63, 3.8) is 0 Å². The highest BCUT2D eigenvalue weighted by atomic mass is 16.3. The molecule has 28 heavy (non-hydrogen) atoms. The molecule has 3 rings (SSSR count). The number of aliphatic hydroxyl groups is 1. The molecule has 0 spiro atoms. The Kier molecular flexibility index (Phi) is 6.02. The standard InChI is InChI=1S/C24H24N2O2/c1-18(2)20-15-13-19(14-16-20)17-25-26-23(27)24(28,21-9-5-3-6-10-21)22-11-7-4-8-12-22/h3-18,28H,1-2H3,(H,26,27). The molecular formula is C24H24N2O2. The summed E-state index contributed by atoms with van der Waals surface area (Å²) in [4.78, 5) is 12.9. The molecular weight excluding hydrogens is 348 g/mol. The third-order valence-corrected chi connectivity index (χ3v) is 4.69. The van der Waals surface area contributed by atoms with E-state index in [0.717, 1.165) is 5.56 Å². The molecule has 4 heteroatoms. The average molecular weight is 372 g/mol. The van der Waals surface area contributed by atoms with Crippen molar-refractivity contribution in [2.24, 2.45) is 5.10 Å². The Morgan fingerprint density at radius 1 is 0.893 bits per heavy atom. The first-order valence-electron chi connectivity index (χ1n) is 9.28. The van der Waals surface area contributed by atoms with Crippen LogP contribution in [0.5, 0.6) is 0 Å². The van der Waals surface area contributed by atoms with Crippen LogP contribution in [-0.4, -0.2) is 17.2 Å². The normalized spacial score (nSPS) is 11.7. The molecule has 2 N–H and O–H groups in total. The predicted octanol–water partition coefficient (Wildman–Crippen LogP) is 4.20. The Bertz CT molecular complexity index is 894. The minimum Gasteiger partial charge on any atom is -0.372 e. The molecule has 0 aliphatic heterocycles. The lowest BCUT2D eigenvalue weighted by Gasteiger charge is -2.27. The van der Waals surface area contributed by atoms with Gasteiger partial charge in [0.2, 0.25) is 0 Å².